The van der Waals surface area contributed by atoms with Crippen LogP contribution in [-0.2, 0) is 20.8 Å². The van der Waals surface area contributed by atoms with E-state index < -0.39 is 37.7 Å². The van der Waals surface area contributed by atoms with E-state index in [0.717, 1.165) is 0 Å². The van der Waals surface area contributed by atoms with Gasteiger partial charge in [0.25, 0.3) is 9.84 Å². The van der Waals surface area contributed by atoms with Gasteiger partial charge in [-0.15, -0.1) is 0 Å². The average Bonchev–Trinajstić information content (AvgIpc) is 2.27. The highest BCUT2D eigenvalue weighted by atomic mass is 32.2. The van der Waals surface area contributed by atoms with Crippen molar-refractivity contribution in [3.63, 3.8) is 0 Å². The Balaban J connectivity index is 3.29. The first-order valence-electron chi connectivity index (χ1n) is 4.44. The highest BCUT2D eigenvalue weighted by molar-refractivity contribution is 7.93. The Bertz CT molecular complexity index is 588. The molecule has 1 aromatic rings. The smallest absolute Gasteiger partial charge is 0.444 e. The maximum absolute atomic E-state index is 12.9. The van der Waals surface area contributed by atoms with Gasteiger partial charge in [0.2, 0.25) is 0 Å². The Morgan fingerprint density at radius 1 is 1.00 bits per heavy atom. The molecule has 0 aliphatic carbocycles. The molecule has 1 rings (SSSR count). The van der Waals surface area contributed by atoms with Crippen molar-refractivity contribution in [2.45, 2.75) is 16.3 Å². The maximum atomic E-state index is 12.9. The van der Waals surface area contributed by atoms with E-state index in [4.69, 9.17) is 5.11 Å². The fourth-order valence-electron chi connectivity index (χ4n) is 1.09. The van der Waals surface area contributed by atoms with Gasteiger partial charge < -0.3 is 5.11 Å². The fourth-order valence-corrected chi connectivity index (χ4v) is 2.11. The number of carbonyl (C=O) groups is 1. The van der Waals surface area contributed by atoms with E-state index >= 15 is 0 Å². The summed E-state index contributed by atoms with van der Waals surface area (Å²) in [4.78, 5) is 8.94. The maximum Gasteiger partial charge on any atom is 0.444 e. The molecule has 0 aromatic heterocycles. The number of hydrogen-bond acceptors (Lipinski definition) is 3. The van der Waals surface area contributed by atoms with Gasteiger partial charge in [-0.2, -0.15) is 22.0 Å². The summed E-state index contributed by atoms with van der Waals surface area (Å²) in [6, 6.07) is 1.08. The fraction of sp³-hybridized carbons (Fsp3) is 0.222. The Hall–Kier alpha value is -1.71. The summed E-state index contributed by atoms with van der Waals surface area (Å²) in [5.74, 6) is -2.91. The topological polar surface area (TPSA) is 71.4 Å². The first-order chi connectivity index (χ1) is 8.40. The van der Waals surface area contributed by atoms with Gasteiger partial charge in [0.15, 0.2) is 0 Å². The first kappa shape index (κ1) is 15.3. The minimum atomic E-state index is -5.60. The van der Waals surface area contributed by atoms with Crippen LogP contribution >= 0.6 is 0 Å². The van der Waals surface area contributed by atoms with Crippen molar-refractivity contribution in [2.75, 3.05) is 0 Å². The third kappa shape index (κ3) is 2.67. The van der Waals surface area contributed by atoms with Crippen molar-refractivity contribution in [2.24, 2.45) is 0 Å². The lowest BCUT2D eigenvalue weighted by Gasteiger charge is -2.13. The van der Waals surface area contributed by atoms with Crippen molar-refractivity contribution in [3.05, 3.63) is 29.8 Å². The van der Waals surface area contributed by atoms with Crippen molar-refractivity contribution in [3.8, 4) is 0 Å². The molecule has 4 nitrogen and oxygen atoms in total. The SMILES string of the molecule is O=C(O)C(F)(F)S(=O)(=O)c1ccc(C(F)(F)F)cc1. The zero-order chi connectivity index (χ0) is 15.1. The molecule has 0 amide bonds. The van der Waals surface area contributed by atoms with Gasteiger partial charge in [0.1, 0.15) is 0 Å². The summed E-state index contributed by atoms with van der Waals surface area (Å²) in [5.41, 5.74) is -1.25. The highest BCUT2D eigenvalue weighted by Gasteiger charge is 2.54. The van der Waals surface area contributed by atoms with Crippen molar-refractivity contribution < 1.29 is 40.3 Å². The van der Waals surface area contributed by atoms with E-state index in [-0.39, 0.29) is 24.3 Å². The van der Waals surface area contributed by atoms with E-state index in [0.29, 0.717) is 0 Å². The summed E-state index contributed by atoms with van der Waals surface area (Å²) in [6.07, 6.45) is -4.77. The zero-order valence-corrected chi connectivity index (χ0v) is 9.60. The normalized spacial score (nSPS) is 13.3. The van der Waals surface area contributed by atoms with Crippen LogP contribution < -0.4 is 0 Å². The molecule has 0 atom stereocenters. The zero-order valence-electron chi connectivity index (χ0n) is 8.78. The molecule has 0 aliphatic heterocycles. The number of carboxylic acids is 1. The lowest BCUT2D eigenvalue weighted by molar-refractivity contribution is -0.153. The van der Waals surface area contributed by atoms with Crippen molar-refractivity contribution in [1.82, 2.24) is 0 Å². The van der Waals surface area contributed by atoms with Gasteiger partial charge in [0.05, 0.1) is 10.5 Å². The Morgan fingerprint density at radius 3 is 1.74 bits per heavy atom. The van der Waals surface area contributed by atoms with Crippen LogP contribution in [0.2, 0.25) is 0 Å². The monoisotopic (exact) mass is 304 g/mol. The molecule has 19 heavy (non-hydrogen) atoms. The molecule has 0 spiro atoms. The second-order valence-corrected chi connectivity index (χ2v) is 5.34. The summed E-state index contributed by atoms with van der Waals surface area (Å²) >= 11 is 0. The largest absolute Gasteiger partial charge is 0.476 e. The Labute approximate surface area is 103 Å². The summed E-state index contributed by atoms with van der Waals surface area (Å²) in [5, 5.41) is 2.99. The average molecular weight is 304 g/mol. The number of hydrogen-bond donors (Lipinski definition) is 1. The number of aliphatic carboxylic acids is 1. The summed E-state index contributed by atoms with van der Waals surface area (Å²) in [6.45, 7) is 0. The molecule has 10 heteroatoms. The van der Waals surface area contributed by atoms with E-state index in [2.05, 4.69) is 0 Å². The lowest BCUT2D eigenvalue weighted by atomic mass is 10.2. The molecule has 0 unspecified atom stereocenters. The third-order valence-electron chi connectivity index (χ3n) is 2.08. The van der Waals surface area contributed by atoms with Crippen LogP contribution in [-0.4, -0.2) is 24.7 Å². The molecule has 0 radical (unpaired) electrons. The van der Waals surface area contributed by atoms with Crippen molar-refractivity contribution in [1.29, 1.82) is 0 Å². The van der Waals surface area contributed by atoms with E-state index in [1.165, 1.54) is 0 Å². The molecular weight excluding hydrogens is 299 g/mol. The standard InChI is InChI=1S/C9H5F5O4S/c10-8(11,12)5-1-3-6(4-2-5)19(17,18)9(13,14)7(15)16/h1-4H,(H,15,16). The summed E-state index contributed by atoms with van der Waals surface area (Å²) in [7, 11) is -5.60. The summed E-state index contributed by atoms with van der Waals surface area (Å²) < 4.78 is 84.9. The van der Waals surface area contributed by atoms with E-state index in [1.54, 1.807) is 0 Å². The molecule has 0 bridgehead atoms. The third-order valence-corrected chi connectivity index (χ3v) is 3.82. The number of halogens is 5. The van der Waals surface area contributed by atoms with Gasteiger partial charge in [-0.1, -0.05) is 0 Å². The molecule has 0 fully saturated rings. The quantitative estimate of drug-likeness (QED) is 0.869. The predicted molar refractivity (Wildman–Crippen MR) is 51.2 cm³/mol. The van der Waals surface area contributed by atoms with Crippen molar-refractivity contribution >= 4 is 15.8 Å². The number of alkyl halides is 5. The highest BCUT2D eigenvalue weighted by Crippen LogP contribution is 2.33. The molecule has 1 aromatic carbocycles. The van der Waals surface area contributed by atoms with Crippen LogP contribution in [0.1, 0.15) is 5.56 Å². The van der Waals surface area contributed by atoms with Gasteiger partial charge in [0, 0.05) is 0 Å². The van der Waals surface area contributed by atoms with Crippen LogP contribution in [0.3, 0.4) is 0 Å². The number of carboxylic acid groups (broad SMARTS) is 1. The van der Waals surface area contributed by atoms with Gasteiger partial charge >= 0.3 is 17.4 Å². The van der Waals surface area contributed by atoms with E-state index in [9.17, 15) is 35.2 Å². The number of benzene rings is 1. The first-order valence-corrected chi connectivity index (χ1v) is 5.92. The minimum Gasteiger partial charge on any atom is -0.476 e. The molecule has 0 saturated carbocycles. The Morgan fingerprint density at radius 2 is 1.42 bits per heavy atom. The predicted octanol–water partition coefficient (Wildman–Crippen LogP) is 2.16. The molecular formula is C9H5F5O4S. The van der Waals surface area contributed by atoms with E-state index in [1.807, 2.05) is 0 Å². The molecule has 0 saturated heterocycles. The van der Waals surface area contributed by atoms with Gasteiger partial charge in [-0.05, 0) is 24.3 Å². The molecule has 0 heterocycles. The molecule has 1 N–H and O–H groups in total. The number of sulfone groups is 1. The van der Waals surface area contributed by atoms with Crippen LogP contribution in [0, 0.1) is 0 Å². The number of rotatable bonds is 3. The minimum absolute atomic E-state index is 0.269. The second kappa shape index (κ2) is 4.44. The van der Waals surface area contributed by atoms with Gasteiger partial charge in [-0.3, -0.25) is 0 Å². The lowest BCUT2D eigenvalue weighted by Crippen LogP contribution is -2.37. The van der Waals surface area contributed by atoms with Crippen LogP contribution in [0.25, 0.3) is 0 Å². The second-order valence-electron chi connectivity index (χ2n) is 3.35. The van der Waals surface area contributed by atoms with Gasteiger partial charge in [-0.25, -0.2) is 13.2 Å². The molecule has 106 valence electrons. The van der Waals surface area contributed by atoms with Crippen LogP contribution in [0.5, 0.6) is 0 Å². The van der Waals surface area contributed by atoms with Crippen LogP contribution in [0.4, 0.5) is 22.0 Å². The molecule has 0 aliphatic rings. The van der Waals surface area contributed by atoms with Crippen LogP contribution in [0.15, 0.2) is 29.2 Å². The Kier molecular flexibility index (Phi) is 3.59.